The number of esters is 3. The molecule has 1 unspecified atom stereocenters. The van der Waals surface area contributed by atoms with E-state index in [-0.39, 0.29) is 35.8 Å². The fourth-order valence-corrected chi connectivity index (χ4v) is 7.07. The normalized spacial score (nSPS) is 15.6. The summed E-state index contributed by atoms with van der Waals surface area (Å²) >= 11 is 1.44. The highest BCUT2D eigenvalue weighted by Crippen LogP contribution is 2.34. The fraction of sp³-hybridized carbons (Fsp3) is 0.357. The summed E-state index contributed by atoms with van der Waals surface area (Å²) in [6, 6.07) is 21.0. The molecule has 5 rings (SSSR count). The molecule has 0 radical (unpaired) electrons. The first kappa shape index (κ1) is 41.1. The molecule has 1 saturated carbocycles. The molecule has 14 heteroatoms. The second-order valence-corrected chi connectivity index (χ2v) is 14.2. The van der Waals surface area contributed by atoms with Crippen molar-refractivity contribution in [1.29, 1.82) is 5.26 Å². The Hall–Kier alpha value is -6.07. The first-order valence-corrected chi connectivity index (χ1v) is 19.3. The Morgan fingerprint density at radius 2 is 1.59 bits per heavy atom. The summed E-state index contributed by atoms with van der Waals surface area (Å²) in [7, 11) is 0. The first-order valence-electron chi connectivity index (χ1n) is 18.5. The molecule has 1 atom stereocenters. The van der Waals surface area contributed by atoms with Crippen LogP contribution in [0.15, 0.2) is 84.5 Å². The lowest BCUT2D eigenvalue weighted by Gasteiger charge is -2.26. The van der Waals surface area contributed by atoms with Crippen LogP contribution in [0.4, 0.5) is 5.13 Å². The number of thiazole rings is 1. The zero-order valence-corrected chi connectivity index (χ0v) is 32.0. The molecule has 3 aromatic carbocycles. The highest BCUT2D eigenvalue weighted by Gasteiger charge is 2.32. The number of fused-ring (bicyclic) bond motifs is 1. The highest BCUT2D eigenvalue weighted by molar-refractivity contribution is 7.22. The molecule has 0 N–H and O–H groups in total. The number of hydrazone groups is 1. The average Bonchev–Trinajstić information content (AvgIpc) is 3.64. The zero-order chi connectivity index (χ0) is 39.7. The van der Waals surface area contributed by atoms with E-state index in [0.717, 1.165) is 42.0 Å². The van der Waals surface area contributed by atoms with E-state index in [1.165, 1.54) is 35.8 Å². The minimum Gasteiger partial charge on any atom is -0.494 e. The largest absolute Gasteiger partial charge is 0.494 e. The molecular formula is C42H44N4O9S. The number of carbonyl (C=O) groups excluding carboxylic acids is 4. The van der Waals surface area contributed by atoms with Crippen LogP contribution < -0.4 is 24.0 Å². The average molecular weight is 781 g/mol. The van der Waals surface area contributed by atoms with Crippen LogP contribution in [-0.2, 0) is 23.9 Å². The number of rotatable bonds is 20. The Morgan fingerprint density at radius 1 is 0.929 bits per heavy atom. The van der Waals surface area contributed by atoms with Gasteiger partial charge in [-0.2, -0.15) is 10.4 Å². The Labute approximate surface area is 329 Å². The van der Waals surface area contributed by atoms with Gasteiger partial charge in [-0.1, -0.05) is 30.0 Å². The lowest BCUT2D eigenvalue weighted by Crippen LogP contribution is -2.30. The van der Waals surface area contributed by atoms with Crippen molar-refractivity contribution >= 4 is 57.3 Å². The number of ether oxygens (including phenoxy) is 5. The van der Waals surface area contributed by atoms with E-state index in [1.54, 1.807) is 29.3 Å². The Bertz CT molecular complexity index is 2000. The van der Waals surface area contributed by atoms with Gasteiger partial charge < -0.3 is 23.7 Å². The van der Waals surface area contributed by atoms with E-state index in [1.807, 2.05) is 31.2 Å². The number of aromatic nitrogens is 1. The molecule has 1 fully saturated rings. The van der Waals surface area contributed by atoms with Crippen molar-refractivity contribution < 1.29 is 42.9 Å². The van der Waals surface area contributed by atoms with Crippen LogP contribution in [0.3, 0.4) is 0 Å². The van der Waals surface area contributed by atoms with Crippen molar-refractivity contribution in [2.45, 2.75) is 70.8 Å². The van der Waals surface area contributed by atoms with Gasteiger partial charge in [0, 0.05) is 11.6 Å². The second kappa shape index (κ2) is 21.1. The number of anilines is 1. The molecule has 0 spiro atoms. The van der Waals surface area contributed by atoms with Crippen LogP contribution in [0.25, 0.3) is 10.2 Å². The van der Waals surface area contributed by atoms with Gasteiger partial charge in [-0.25, -0.2) is 14.8 Å². The molecule has 1 aliphatic rings. The number of benzene rings is 3. The molecule has 1 aliphatic carbocycles. The van der Waals surface area contributed by atoms with Gasteiger partial charge in [-0.3, -0.25) is 14.4 Å². The second-order valence-electron chi connectivity index (χ2n) is 13.2. The molecule has 0 aliphatic heterocycles. The number of hydrogen-bond acceptors (Lipinski definition) is 14. The van der Waals surface area contributed by atoms with Crippen molar-refractivity contribution in [2.24, 2.45) is 16.9 Å². The lowest BCUT2D eigenvalue weighted by atomic mass is 9.82. The molecule has 56 heavy (non-hydrogen) atoms. The SMILES string of the molecule is C=CC(=O)OCCCCCCOc1ccc(OC(=O)C2CCC(C(=O)Oc3ccc(OC=O)cc3/C=N/N(c3nc4ccccc4s3)C(C)CC#N)CC2)cc1. The van der Waals surface area contributed by atoms with Crippen LogP contribution in [0.2, 0.25) is 0 Å². The topological polar surface area (TPSA) is 167 Å². The Kier molecular flexibility index (Phi) is 15.5. The van der Waals surface area contributed by atoms with Crippen molar-refractivity contribution in [1.82, 2.24) is 4.98 Å². The Balaban J connectivity index is 1.12. The van der Waals surface area contributed by atoms with Gasteiger partial charge >= 0.3 is 17.9 Å². The van der Waals surface area contributed by atoms with Crippen LogP contribution in [0, 0.1) is 23.2 Å². The Morgan fingerprint density at radius 3 is 2.27 bits per heavy atom. The number of carbonyl (C=O) groups is 4. The van der Waals surface area contributed by atoms with Crippen molar-refractivity contribution in [3.05, 3.63) is 84.9 Å². The molecule has 0 bridgehead atoms. The third-order valence-corrected chi connectivity index (χ3v) is 10.2. The third kappa shape index (κ3) is 12.0. The summed E-state index contributed by atoms with van der Waals surface area (Å²) in [4.78, 5) is 53.3. The summed E-state index contributed by atoms with van der Waals surface area (Å²) < 4.78 is 28.3. The van der Waals surface area contributed by atoms with E-state index in [4.69, 9.17) is 28.7 Å². The summed E-state index contributed by atoms with van der Waals surface area (Å²) in [6.45, 7) is 6.46. The van der Waals surface area contributed by atoms with Crippen molar-refractivity contribution in [2.75, 3.05) is 18.2 Å². The summed E-state index contributed by atoms with van der Waals surface area (Å²) in [5, 5.41) is 16.3. The van der Waals surface area contributed by atoms with Crippen LogP contribution in [-0.4, -0.2) is 54.8 Å². The summed E-state index contributed by atoms with van der Waals surface area (Å²) in [6.07, 6.45) is 8.14. The van der Waals surface area contributed by atoms with Crippen LogP contribution in [0.1, 0.15) is 70.3 Å². The van der Waals surface area contributed by atoms with Gasteiger partial charge in [0.15, 0.2) is 0 Å². The molecular weight excluding hydrogens is 737 g/mol. The first-order chi connectivity index (χ1) is 27.3. The van der Waals surface area contributed by atoms with Crippen molar-refractivity contribution in [3.8, 4) is 29.1 Å². The van der Waals surface area contributed by atoms with Gasteiger partial charge in [0.05, 0.1) is 60.0 Å². The minimum absolute atomic E-state index is 0.184. The predicted molar refractivity (Wildman–Crippen MR) is 211 cm³/mol. The maximum Gasteiger partial charge on any atom is 0.330 e. The van der Waals surface area contributed by atoms with Gasteiger partial charge in [-0.15, -0.1) is 0 Å². The van der Waals surface area contributed by atoms with E-state index in [0.29, 0.717) is 67.6 Å². The van der Waals surface area contributed by atoms with E-state index in [9.17, 15) is 24.4 Å². The number of nitriles is 1. The lowest BCUT2D eigenvalue weighted by molar-refractivity contribution is -0.145. The number of nitrogens with zero attached hydrogens (tertiary/aromatic N) is 4. The maximum absolute atomic E-state index is 13.4. The fourth-order valence-electron chi connectivity index (χ4n) is 6.04. The van der Waals surface area contributed by atoms with Gasteiger partial charge in [0.1, 0.15) is 23.0 Å². The quantitative estimate of drug-likeness (QED) is 0.0162. The molecule has 13 nitrogen and oxygen atoms in total. The predicted octanol–water partition coefficient (Wildman–Crippen LogP) is 7.96. The van der Waals surface area contributed by atoms with Gasteiger partial charge in [0.2, 0.25) is 5.13 Å². The number of unbranched alkanes of at least 4 members (excludes halogenated alkanes) is 3. The van der Waals surface area contributed by atoms with Crippen LogP contribution in [0.5, 0.6) is 23.0 Å². The van der Waals surface area contributed by atoms with E-state index in [2.05, 4.69) is 17.7 Å². The minimum atomic E-state index is -0.444. The molecule has 0 saturated heterocycles. The van der Waals surface area contributed by atoms with E-state index >= 15 is 0 Å². The van der Waals surface area contributed by atoms with Gasteiger partial charge in [-0.05, 0) is 113 Å². The molecule has 0 amide bonds. The zero-order valence-electron chi connectivity index (χ0n) is 31.2. The van der Waals surface area contributed by atoms with Crippen LogP contribution >= 0.6 is 11.3 Å². The van der Waals surface area contributed by atoms with E-state index < -0.39 is 17.9 Å². The summed E-state index contributed by atoms with van der Waals surface area (Å²) in [5.74, 6) is -0.468. The monoisotopic (exact) mass is 780 g/mol. The summed E-state index contributed by atoms with van der Waals surface area (Å²) in [5.41, 5.74) is 1.18. The highest BCUT2D eigenvalue weighted by atomic mass is 32.1. The van der Waals surface area contributed by atoms with Gasteiger partial charge in [0.25, 0.3) is 6.47 Å². The molecule has 1 heterocycles. The number of hydrogen-bond donors (Lipinski definition) is 0. The standard InChI is InChI=1S/C42H44N4O9S/c1-3-39(48)52-25-9-5-4-8-24-51-33-16-18-34(19-17-33)54-40(49)30-12-14-31(15-13-30)41(50)55-37-21-20-35(53-28-47)26-32(37)27-44-46(29(2)22-23-43)42-45-36-10-6-7-11-38(36)56-42/h3,6-7,10-11,16-21,26-31H,1,4-5,8-9,12-15,22,24-25H2,2H3/b44-27+. The number of para-hydroxylation sites is 1. The maximum atomic E-state index is 13.4. The van der Waals surface area contributed by atoms with Crippen molar-refractivity contribution in [3.63, 3.8) is 0 Å². The molecule has 4 aromatic rings. The smallest absolute Gasteiger partial charge is 0.330 e. The molecule has 1 aromatic heterocycles. The molecule has 292 valence electrons. The third-order valence-electron chi connectivity index (χ3n) is 9.13.